The van der Waals surface area contributed by atoms with Crippen LogP contribution in [0.2, 0.25) is 0 Å². The predicted molar refractivity (Wildman–Crippen MR) is 58.5 cm³/mol. The second-order valence-electron chi connectivity index (χ2n) is 3.45. The lowest BCUT2D eigenvalue weighted by Crippen LogP contribution is -2.44. The number of carboxylic acid groups (broad SMARTS) is 2. The lowest BCUT2D eigenvalue weighted by atomic mass is 10.0. The van der Waals surface area contributed by atoms with Gasteiger partial charge in [-0.15, -0.1) is 0 Å². The van der Waals surface area contributed by atoms with E-state index in [4.69, 9.17) is 10.2 Å². The predicted octanol–water partition coefficient (Wildman–Crippen LogP) is -0.153. The van der Waals surface area contributed by atoms with E-state index in [0.29, 0.717) is 5.56 Å². The maximum atomic E-state index is 10.9. The van der Waals surface area contributed by atoms with Crippen molar-refractivity contribution in [1.29, 1.82) is 0 Å². The molecule has 0 fully saturated rings. The molecule has 92 valence electrons. The summed E-state index contributed by atoms with van der Waals surface area (Å²) in [5.41, 5.74) is 0.415. The smallest absolute Gasteiger partial charge is 0.323 e. The average Bonchev–Trinajstić information content (AvgIpc) is 2.29. The van der Waals surface area contributed by atoms with Crippen LogP contribution in [0.5, 0.6) is 0 Å². The van der Waals surface area contributed by atoms with Gasteiger partial charge in [-0.2, -0.15) is 0 Å². The van der Waals surface area contributed by atoms with Gasteiger partial charge in [0.2, 0.25) is 0 Å². The molecule has 0 aliphatic carbocycles. The SMILES string of the molecule is O=C(O)CNC(C(=O)O)C(O)c1ccccc1. The lowest BCUT2D eigenvalue weighted by molar-refractivity contribution is -0.143. The van der Waals surface area contributed by atoms with Crippen LogP contribution in [0.15, 0.2) is 30.3 Å². The molecule has 17 heavy (non-hydrogen) atoms. The van der Waals surface area contributed by atoms with E-state index in [1.54, 1.807) is 30.3 Å². The fourth-order valence-corrected chi connectivity index (χ4v) is 1.37. The van der Waals surface area contributed by atoms with Crippen LogP contribution in [-0.2, 0) is 9.59 Å². The van der Waals surface area contributed by atoms with E-state index in [9.17, 15) is 14.7 Å². The van der Waals surface area contributed by atoms with Gasteiger partial charge < -0.3 is 15.3 Å². The third kappa shape index (κ3) is 3.86. The monoisotopic (exact) mass is 239 g/mol. The Morgan fingerprint density at radius 2 is 1.76 bits per heavy atom. The minimum absolute atomic E-state index is 0.415. The summed E-state index contributed by atoms with van der Waals surface area (Å²) in [4.78, 5) is 21.3. The van der Waals surface area contributed by atoms with Gasteiger partial charge >= 0.3 is 11.9 Å². The van der Waals surface area contributed by atoms with Gasteiger partial charge in [-0.05, 0) is 5.56 Å². The Hall–Kier alpha value is -1.92. The summed E-state index contributed by atoms with van der Waals surface area (Å²) in [7, 11) is 0. The summed E-state index contributed by atoms with van der Waals surface area (Å²) in [6.45, 7) is -0.527. The molecule has 6 nitrogen and oxygen atoms in total. The molecule has 0 aliphatic rings. The molecule has 0 amide bonds. The Bertz CT molecular complexity index is 392. The summed E-state index contributed by atoms with van der Waals surface area (Å²) in [5, 5.41) is 29.5. The van der Waals surface area contributed by atoms with Crippen molar-refractivity contribution in [2.45, 2.75) is 12.1 Å². The minimum Gasteiger partial charge on any atom is -0.480 e. The summed E-state index contributed by atoms with van der Waals surface area (Å²) in [5.74, 6) is -2.49. The van der Waals surface area contributed by atoms with Crippen LogP contribution in [0.25, 0.3) is 0 Å². The molecule has 0 bridgehead atoms. The van der Waals surface area contributed by atoms with Gasteiger partial charge in [0.25, 0.3) is 0 Å². The third-order valence-electron chi connectivity index (χ3n) is 2.20. The van der Waals surface area contributed by atoms with Gasteiger partial charge in [-0.25, -0.2) is 0 Å². The summed E-state index contributed by atoms with van der Waals surface area (Å²) in [6.07, 6.45) is -1.30. The number of aliphatic carboxylic acids is 2. The molecule has 2 atom stereocenters. The standard InChI is InChI=1S/C11H13NO5/c13-8(14)6-12-9(11(16)17)10(15)7-4-2-1-3-5-7/h1-5,9-10,12,15H,6H2,(H,13,14)(H,16,17). The van der Waals surface area contributed by atoms with Gasteiger partial charge in [-0.3, -0.25) is 14.9 Å². The first-order valence-corrected chi connectivity index (χ1v) is 4.93. The number of rotatable bonds is 6. The number of benzene rings is 1. The van der Waals surface area contributed by atoms with Crippen LogP contribution in [0, 0.1) is 0 Å². The Labute approximate surface area is 97.5 Å². The normalized spacial score (nSPS) is 13.9. The van der Waals surface area contributed by atoms with Crippen molar-refractivity contribution < 1.29 is 24.9 Å². The van der Waals surface area contributed by atoms with Crippen LogP contribution in [0.1, 0.15) is 11.7 Å². The van der Waals surface area contributed by atoms with E-state index in [2.05, 4.69) is 5.32 Å². The van der Waals surface area contributed by atoms with Crippen molar-refractivity contribution in [3.8, 4) is 0 Å². The fourth-order valence-electron chi connectivity index (χ4n) is 1.37. The van der Waals surface area contributed by atoms with Crippen molar-refractivity contribution in [2.24, 2.45) is 0 Å². The van der Waals surface area contributed by atoms with Crippen molar-refractivity contribution in [1.82, 2.24) is 5.32 Å². The van der Waals surface area contributed by atoms with Gasteiger partial charge in [0.05, 0.1) is 6.54 Å². The van der Waals surface area contributed by atoms with Crippen molar-refractivity contribution in [2.75, 3.05) is 6.54 Å². The molecule has 0 aliphatic heterocycles. The van der Waals surface area contributed by atoms with Crippen LogP contribution in [0.3, 0.4) is 0 Å². The molecule has 0 spiro atoms. The molecule has 4 N–H and O–H groups in total. The first kappa shape index (κ1) is 13.1. The first-order chi connectivity index (χ1) is 8.02. The van der Waals surface area contributed by atoms with Crippen molar-refractivity contribution >= 4 is 11.9 Å². The zero-order valence-corrected chi connectivity index (χ0v) is 8.91. The van der Waals surface area contributed by atoms with Gasteiger partial charge in [0.1, 0.15) is 12.1 Å². The number of carbonyl (C=O) groups is 2. The Balaban J connectivity index is 2.77. The van der Waals surface area contributed by atoms with Crippen LogP contribution in [-0.4, -0.2) is 39.8 Å². The highest BCUT2D eigenvalue weighted by atomic mass is 16.4. The number of nitrogens with one attached hydrogen (secondary N) is 1. The van der Waals surface area contributed by atoms with E-state index in [0.717, 1.165) is 0 Å². The van der Waals surface area contributed by atoms with E-state index >= 15 is 0 Å². The third-order valence-corrected chi connectivity index (χ3v) is 2.20. The van der Waals surface area contributed by atoms with Crippen LogP contribution < -0.4 is 5.32 Å². The molecule has 1 aromatic rings. The molecular formula is C11H13NO5. The molecule has 0 heterocycles. The molecule has 0 saturated carbocycles. The Kier molecular flexibility index (Phi) is 4.62. The molecule has 6 heteroatoms. The average molecular weight is 239 g/mol. The van der Waals surface area contributed by atoms with Crippen LogP contribution in [0.4, 0.5) is 0 Å². The molecule has 0 radical (unpaired) electrons. The number of aliphatic hydroxyl groups excluding tert-OH is 1. The van der Waals surface area contributed by atoms with E-state index in [1.807, 2.05) is 0 Å². The second kappa shape index (κ2) is 5.97. The minimum atomic E-state index is -1.35. The second-order valence-corrected chi connectivity index (χ2v) is 3.45. The lowest BCUT2D eigenvalue weighted by Gasteiger charge is -2.19. The molecule has 2 unspecified atom stereocenters. The van der Waals surface area contributed by atoms with E-state index in [1.165, 1.54) is 0 Å². The van der Waals surface area contributed by atoms with E-state index < -0.39 is 30.6 Å². The molecule has 1 aromatic carbocycles. The van der Waals surface area contributed by atoms with Gasteiger partial charge in [0.15, 0.2) is 0 Å². The molecule has 0 saturated heterocycles. The summed E-state index contributed by atoms with van der Waals surface area (Å²) < 4.78 is 0. The highest BCUT2D eigenvalue weighted by Crippen LogP contribution is 2.16. The molecule has 0 aromatic heterocycles. The maximum absolute atomic E-state index is 10.9. The maximum Gasteiger partial charge on any atom is 0.323 e. The molecule has 1 rings (SSSR count). The fraction of sp³-hybridized carbons (Fsp3) is 0.273. The summed E-state index contributed by atoms with van der Waals surface area (Å²) in [6, 6.07) is 6.85. The summed E-state index contributed by atoms with van der Waals surface area (Å²) >= 11 is 0. The highest BCUT2D eigenvalue weighted by Gasteiger charge is 2.27. The Morgan fingerprint density at radius 1 is 1.18 bits per heavy atom. The van der Waals surface area contributed by atoms with Gasteiger partial charge in [-0.1, -0.05) is 30.3 Å². The number of aliphatic hydroxyl groups is 1. The molecular weight excluding hydrogens is 226 g/mol. The Morgan fingerprint density at radius 3 is 2.24 bits per heavy atom. The number of hydrogen-bond acceptors (Lipinski definition) is 4. The van der Waals surface area contributed by atoms with Gasteiger partial charge in [0, 0.05) is 0 Å². The quantitative estimate of drug-likeness (QED) is 0.550. The zero-order valence-electron chi connectivity index (χ0n) is 8.91. The van der Waals surface area contributed by atoms with E-state index in [-0.39, 0.29) is 0 Å². The zero-order chi connectivity index (χ0) is 12.8. The van der Waals surface area contributed by atoms with Crippen molar-refractivity contribution in [3.05, 3.63) is 35.9 Å². The number of carboxylic acids is 2. The highest BCUT2D eigenvalue weighted by molar-refractivity contribution is 5.76. The van der Waals surface area contributed by atoms with Crippen LogP contribution >= 0.6 is 0 Å². The first-order valence-electron chi connectivity index (χ1n) is 4.93. The van der Waals surface area contributed by atoms with Crippen molar-refractivity contribution in [3.63, 3.8) is 0 Å². The number of hydrogen-bond donors (Lipinski definition) is 4. The largest absolute Gasteiger partial charge is 0.480 e. The topological polar surface area (TPSA) is 107 Å².